The highest BCUT2D eigenvalue weighted by Gasteiger charge is 2.30. The number of aromatic nitrogens is 2. The van der Waals surface area contributed by atoms with Crippen molar-refractivity contribution in [1.29, 1.82) is 0 Å². The minimum absolute atomic E-state index is 0.0307. The van der Waals surface area contributed by atoms with Crippen LogP contribution in [-0.2, 0) is 14.8 Å². The van der Waals surface area contributed by atoms with Crippen molar-refractivity contribution in [3.63, 3.8) is 0 Å². The van der Waals surface area contributed by atoms with Gasteiger partial charge in [-0.1, -0.05) is 12.1 Å². The SMILES string of the molecule is COc1ccc(C(=O)NC(C)c2ccc(-n3ccnc3)cc2)cc1S(=O)(=O)N1CCOCC1. The third-order valence-electron chi connectivity index (χ3n) is 5.56. The number of carbonyl (C=O) groups is 1. The van der Waals surface area contributed by atoms with E-state index in [0.29, 0.717) is 13.2 Å². The lowest BCUT2D eigenvalue weighted by Crippen LogP contribution is -2.40. The normalized spacial score (nSPS) is 15.7. The summed E-state index contributed by atoms with van der Waals surface area (Å²) in [6.07, 6.45) is 5.28. The Labute approximate surface area is 193 Å². The average molecular weight is 471 g/mol. The highest BCUT2D eigenvalue weighted by molar-refractivity contribution is 7.89. The van der Waals surface area contributed by atoms with Crippen molar-refractivity contribution in [3.8, 4) is 11.4 Å². The number of hydrogen-bond donors (Lipinski definition) is 1. The minimum Gasteiger partial charge on any atom is -0.495 e. The molecule has 0 bridgehead atoms. The Morgan fingerprint density at radius 1 is 1.15 bits per heavy atom. The van der Waals surface area contributed by atoms with Crippen molar-refractivity contribution in [2.24, 2.45) is 0 Å². The lowest BCUT2D eigenvalue weighted by Gasteiger charge is -2.26. The maximum Gasteiger partial charge on any atom is 0.251 e. The van der Waals surface area contributed by atoms with E-state index in [4.69, 9.17) is 9.47 Å². The number of imidazole rings is 1. The number of ether oxygens (including phenoxy) is 2. The molecule has 1 N–H and O–H groups in total. The molecule has 2 heterocycles. The molecule has 1 aliphatic heterocycles. The van der Waals surface area contributed by atoms with Gasteiger partial charge in [0.1, 0.15) is 10.6 Å². The zero-order chi connectivity index (χ0) is 23.4. The number of carbonyl (C=O) groups excluding carboxylic acids is 1. The minimum atomic E-state index is -3.83. The molecule has 1 fully saturated rings. The first kappa shape index (κ1) is 23.0. The highest BCUT2D eigenvalue weighted by Crippen LogP contribution is 2.29. The first-order valence-electron chi connectivity index (χ1n) is 10.6. The van der Waals surface area contributed by atoms with Crippen LogP contribution in [0.15, 0.2) is 66.1 Å². The second-order valence-corrected chi connectivity index (χ2v) is 9.55. The molecule has 0 radical (unpaired) electrons. The summed E-state index contributed by atoms with van der Waals surface area (Å²) in [5, 5.41) is 2.94. The third-order valence-corrected chi connectivity index (χ3v) is 7.48. The molecule has 1 amide bonds. The van der Waals surface area contributed by atoms with Gasteiger partial charge in [0.2, 0.25) is 10.0 Å². The van der Waals surface area contributed by atoms with Crippen molar-refractivity contribution in [1.82, 2.24) is 19.2 Å². The highest BCUT2D eigenvalue weighted by atomic mass is 32.2. The number of methoxy groups -OCH3 is 1. The predicted molar refractivity (Wildman–Crippen MR) is 122 cm³/mol. The fraction of sp³-hybridized carbons (Fsp3) is 0.304. The molecule has 1 aliphatic rings. The zero-order valence-corrected chi connectivity index (χ0v) is 19.3. The molecule has 1 saturated heterocycles. The molecular formula is C23H26N4O5S. The molecule has 33 heavy (non-hydrogen) atoms. The Morgan fingerprint density at radius 3 is 2.52 bits per heavy atom. The number of amides is 1. The van der Waals surface area contributed by atoms with Gasteiger partial charge in [0.05, 0.1) is 32.7 Å². The van der Waals surface area contributed by atoms with Crippen molar-refractivity contribution >= 4 is 15.9 Å². The van der Waals surface area contributed by atoms with E-state index in [0.717, 1.165) is 11.3 Å². The topological polar surface area (TPSA) is 103 Å². The zero-order valence-electron chi connectivity index (χ0n) is 18.5. The van der Waals surface area contributed by atoms with E-state index in [1.807, 2.05) is 42.0 Å². The van der Waals surface area contributed by atoms with Gasteiger partial charge in [-0.05, 0) is 42.8 Å². The molecule has 0 saturated carbocycles. The van der Waals surface area contributed by atoms with Crippen LogP contribution >= 0.6 is 0 Å². The van der Waals surface area contributed by atoms with E-state index in [1.165, 1.54) is 23.5 Å². The lowest BCUT2D eigenvalue weighted by atomic mass is 10.1. The van der Waals surface area contributed by atoms with Crippen LogP contribution in [0.4, 0.5) is 0 Å². The number of benzene rings is 2. The quantitative estimate of drug-likeness (QED) is 0.569. The summed E-state index contributed by atoms with van der Waals surface area (Å²) in [7, 11) is -2.42. The maximum atomic E-state index is 13.2. The van der Waals surface area contributed by atoms with Gasteiger partial charge in [0.25, 0.3) is 5.91 Å². The molecule has 2 aromatic carbocycles. The first-order chi connectivity index (χ1) is 15.9. The summed E-state index contributed by atoms with van der Waals surface area (Å²) in [5.74, 6) is -0.177. The van der Waals surface area contributed by atoms with Crippen LogP contribution in [0.5, 0.6) is 5.75 Å². The van der Waals surface area contributed by atoms with Crippen LogP contribution in [0.2, 0.25) is 0 Å². The van der Waals surface area contributed by atoms with Gasteiger partial charge in [-0.25, -0.2) is 13.4 Å². The third kappa shape index (κ3) is 4.92. The molecule has 9 nitrogen and oxygen atoms in total. The Balaban J connectivity index is 1.52. The van der Waals surface area contributed by atoms with Crippen LogP contribution in [-0.4, -0.2) is 61.6 Å². The van der Waals surface area contributed by atoms with Gasteiger partial charge in [0.15, 0.2) is 0 Å². The number of hydrogen-bond acceptors (Lipinski definition) is 6. The van der Waals surface area contributed by atoms with E-state index in [2.05, 4.69) is 10.3 Å². The van der Waals surface area contributed by atoms with E-state index < -0.39 is 10.0 Å². The first-order valence-corrected chi connectivity index (χ1v) is 12.0. The molecular weight excluding hydrogens is 444 g/mol. The van der Waals surface area contributed by atoms with Crippen molar-refractivity contribution < 1.29 is 22.7 Å². The molecule has 3 aromatic rings. The van der Waals surface area contributed by atoms with Gasteiger partial charge >= 0.3 is 0 Å². The van der Waals surface area contributed by atoms with Gasteiger partial charge in [-0.15, -0.1) is 0 Å². The van der Waals surface area contributed by atoms with Gasteiger partial charge < -0.3 is 19.4 Å². The summed E-state index contributed by atoms with van der Waals surface area (Å²) < 4.78 is 40.1. The predicted octanol–water partition coefficient (Wildman–Crippen LogP) is 2.39. The Kier molecular flexibility index (Phi) is 6.77. The molecule has 0 aliphatic carbocycles. The molecule has 1 unspecified atom stereocenters. The standard InChI is InChI=1S/C23H26N4O5S/c1-17(18-3-6-20(7-4-18)26-10-9-24-16-26)25-23(28)19-5-8-21(31-2)22(15-19)33(29,30)27-11-13-32-14-12-27/h3-10,15-17H,11-14H2,1-2H3,(H,25,28). The molecule has 0 spiro atoms. The molecule has 10 heteroatoms. The summed E-state index contributed by atoms with van der Waals surface area (Å²) in [6.45, 7) is 3.05. The largest absolute Gasteiger partial charge is 0.495 e. The van der Waals surface area contributed by atoms with Crippen molar-refractivity contribution in [3.05, 3.63) is 72.3 Å². The molecule has 4 rings (SSSR count). The van der Waals surface area contributed by atoms with E-state index in [1.54, 1.807) is 18.6 Å². The van der Waals surface area contributed by atoms with Crippen LogP contribution in [0.3, 0.4) is 0 Å². The number of sulfonamides is 1. The lowest BCUT2D eigenvalue weighted by molar-refractivity contribution is 0.0729. The molecule has 1 aromatic heterocycles. The van der Waals surface area contributed by atoms with E-state index in [-0.39, 0.29) is 41.2 Å². The summed E-state index contributed by atoms with van der Waals surface area (Å²) in [6, 6.07) is 11.9. The Morgan fingerprint density at radius 2 is 1.88 bits per heavy atom. The number of nitrogens with zero attached hydrogens (tertiary/aromatic N) is 3. The molecule has 174 valence electrons. The Bertz CT molecular complexity index is 1200. The second kappa shape index (κ2) is 9.74. The van der Waals surface area contributed by atoms with Gasteiger partial charge in [-0.2, -0.15) is 4.31 Å². The monoisotopic (exact) mass is 470 g/mol. The number of morpholine rings is 1. The number of rotatable bonds is 7. The van der Waals surface area contributed by atoms with Crippen LogP contribution < -0.4 is 10.1 Å². The fourth-order valence-electron chi connectivity index (χ4n) is 3.66. The smallest absolute Gasteiger partial charge is 0.251 e. The van der Waals surface area contributed by atoms with Gasteiger partial charge in [0, 0.05) is 36.7 Å². The molecule has 1 atom stereocenters. The number of nitrogens with one attached hydrogen (secondary N) is 1. The van der Waals surface area contributed by atoms with Crippen LogP contribution in [0.1, 0.15) is 28.9 Å². The van der Waals surface area contributed by atoms with Crippen LogP contribution in [0.25, 0.3) is 5.69 Å². The summed E-state index contributed by atoms with van der Waals surface area (Å²) in [5.41, 5.74) is 2.12. The fourth-order valence-corrected chi connectivity index (χ4v) is 5.25. The van der Waals surface area contributed by atoms with E-state index in [9.17, 15) is 13.2 Å². The summed E-state index contributed by atoms with van der Waals surface area (Å²) in [4.78, 5) is 17.0. The van der Waals surface area contributed by atoms with Crippen LogP contribution in [0, 0.1) is 0 Å². The maximum absolute atomic E-state index is 13.2. The summed E-state index contributed by atoms with van der Waals surface area (Å²) >= 11 is 0. The van der Waals surface area contributed by atoms with Crippen molar-refractivity contribution in [2.75, 3.05) is 33.4 Å². The van der Waals surface area contributed by atoms with Crippen molar-refractivity contribution in [2.45, 2.75) is 17.9 Å². The van der Waals surface area contributed by atoms with E-state index >= 15 is 0 Å². The Hall–Kier alpha value is -3.21. The van der Waals surface area contributed by atoms with Gasteiger partial charge in [-0.3, -0.25) is 4.79 Å². The second-order valence-electron chi connectivity index (χ2n) is 7.64. The average Bonchev–Trinajstić information content (AvgIpc) is 3.39.